The van der Waals surface area contributed by atoms with Gasteiger partial charge < -0.3 is 19.7 Å². The van der Waals surface area contributed by atoms with Gasteiger partial charge in [-0.1, -0.05) is 18.2 Å². The van der Waals surface area contributed by atoms with Gasteiger partial charge in [-0.2, -0.15) is 0 Å². The fourth-order valence-electron chi connectivity index (χ4n) is 3.53. The van der Waals surface area contributed by atoms with Crippen molar-refractivity contribution in [3.05, 3.63) is 65.7 Å². The van der Waals surface area contributed by atoms with Crippen molar-refractivity contribution in [1.82, 2.24) is 10.2 Å². The summed E-state index contributed by atoms with van der Waals surface area (Å²) in [5.74, 6) is 2.11. The van der Waals surface area contributed by atoms with E-state index in [1.165, 1.54) is 11.3 Å². The van der Waals surface area contributed by atoms with E-state index in [0.717, 1.165) is 25.2 Å². The van der Waals surface area contributed by atoms with Crippen LogP contribution in [-0.2, 0) is 6.42 Å². The van der Waals surface area contributed by atoms with Gasteiger partial charge in [-0.05, 0) is 54.8 Å². The number of benzene rings is 2. The van der Waals surface area contributed by atoms with Gasteiger partial charge in [-0.3, -0.25) is 4.79 Å². The van der Waals surface area contributed by atoms with Crippen molar-refractivity contribution < 1.29 is 14.3 Å². The first-order chi connectivity index (χ1) is 13.8. The van der Waals surface area contributed by atoms with Crippen molar-refractivity contribution >= 4 is 23.2 Å². The van der Waals surface area contributed by atoms with E-state index >= 15 is 0 Å². The first-order valence-corrected chi connectivity index (χ1v) is 9.18. The third-order valence-corrected chi connectivity index (χ3v) is 4.91. The second-order valence-electron chi connectivity index (χ2n) is 6.68. The number of para-hydroxylation sites is 1. The Labute approximate surface area is 161 Å². The van der Waals surface area contributed by atoms with E-state index in [0.29, 0.717) is 22.9 Å². The zero-order valence-electron chi connectivity index (χ0n) is 15.1. The molecule has 0 aliphatic carbocycles. The van der Waals surface area contributed by atoms with Crippen LogP contribution in [0.5, 0.6) is 11.5 Å². The van der Waals surface area contributed by atoms with Crippen molar-refractivity contribution in [1.29, 1.82) is 0 Å². The molecular weight excluding hydrogens is 356 g/mol. The number of carbonyl (C=O) groups is 1. The highest BCUT2D eigenvalue weighted by molar-refractivity contribution is 6.04. The lowest BCUT2D eigenvalue weighted by molar-refractivity contribution is 0.102. The van der Waals surface area contributed by atoms with Crippen molar-refractivity contribution in [2.24, 2.45) is 0 Å². The van der Waals surface area contributed by atoms with E-state index in [4.69, 9.17) is 9.47 Å². The lowest BCUT2D eigenvalue weighted by atomic mass is 10.0. The van der Waals surface area contributed by atoms with E-state index in [1.54, 1.807) is 24.3 Å². The summed E-state index contributed by atoms with van der Waals surface area (Å²) in [4.78, 5) is 14.6. The molecule has 5 rings (SSSR count). The number of ether oxygens (including phenoxy) is 2. The summed E-state index contributed by atoms with van der Waals surface area (Å²) < 4.78 is 10.6. The number of hydrogen-bond acceptors (Lipinski definition) is 6. The molecule has 1 aromatic heterocycles. The minimum Gasteiger partial charge on any atom is -0.454 e. The molecule has 2 aliphatic heterocycles. The number of fused-ring (bicyclic) bond motifs is 2. The number of carbonyl (C=O) groups excluding carboxylic acids is 1. The third-order valence-electron chi connectivity index (χ3n) is 4.91. The Hall–Kier alpha value is -3.61. The lowest BCUT2D eigenvalue weighted by Crippen LogP contribution is -2.25. The minimum atomic E-state index is -0.274. The average molecular weight is 374 g/mol. The average Bonchev–Trinajstić information content (AvgIpc) is 3.22. The number of aromatic nitrogens is 2. The Morgan fingerprint density at radius 1 is 1.00 bits per heavy atom. The second kappa shape index (κ2) is 6.84. The second-order valence-corrected chi connectivity index (χ2v) is 6.68. The van der Waals surface area contributed by atoms with E-state index in [-0.39, 0.29) is 12.7 Å². The Balaban J connectivity index is 1.33. The van der Waals surface area contributed by atoms with Crippen LogP contribution in [0.4, 0.5) is 17.3 Å². The predicted molar refractivity (Wildman–Crippen MR) is 104 cm³/mol. The Morgan fingerprint density at radius 3 is 2.79 bits per heavy atom. The minimum absolute atomic E-state index is 0.174. The molecule has 0 bridgehead atoms. The first-order valence-electron chi connectivity index (χ1n) is 9.18. The summed E-state index contributed by atoms with van der Waals surface area (Å²) >= 11 is 0. The van der Waals surface area contributed by atoms with Crippen LogP contribution in [0.3, 0.4) is 0 Å². The summed E-state index contributed by atoms with van der Waals surface area (Å²) in [5.41, 5.74) is 2.95. The van der Waals surface area contributed by atoms with Gasteiger partial charge in [0, 0.05) is 17.8 Å². The molecule has 0 unspecified atom stereocenters. The van der Waals surface area contributed by atoms with Crippen LogP contribution < -0.4 is 19.7 Å². The summed E-state index contributed by atoms with van der Waals surface area (Å²) in [7, 11) is 0. The number of anilines is 3. The highest BCUT2D eigenvalue weighted by atomic mass is 16.7. The van der Waals surface area contributed by atoms with Crippen molar-refractivity contribution in [3.8, 4) is 11.5 Å². The van der Waals surface area contributed by atoms with Crippen LogP contribution in [0, 0.1) is 0 Å². The number of rotatable bonds is 3. The van der Waals surface area contributed by atoms with Crippen molar-refractivity contribution in [2.75, 3.05) is 23.6 Å². The lowest BCUT2D eigenvalue weighted by Gasteiger charge is -2.29. The Bertz CT molecular complexity index is 1040. The summed E-state index contributed by atoms with van der Waals surface area (Å²) in [6, 6.07) is 17.1. The fourth-order valence-corrected chi connectivity index (χ4v) is 3.53. The van der Waals surface area contributed by atoms with Gasteiger partial charge in [-0.15, -0.1) is 10.2 Å². The normalized spacial score (nSPS) is 14.5. The molecule has 0 spiro atoms. The smallest absolute Gasteiger partial charge is 0.257 e. The molecule has 1 amide bonds. The third kappa shape index (κ3) is 3.00. The molecule has 0 fully saturated rings. The van der Waals surface area contributed by atoms with Crippen LogP contribution in [0.25, 0.3) is 0 Å². The highest BCUT2D eigenvalue weighted by Gasteiger charge is 2.20. The molecule has 1 N–H and O–H groups in total. The Kier molecular flexibility index (Phi) is 4.05. The zero-order chi connectivity index (χ0) is 18.9. The summed E-state index contributed by atoms with van der Waals surface area (Å²) in [6.45, 7) is 1.07. The van der Waals surface area contributed by atoms with E-state index in [2.05, 4.69) is 38.6 Å². The van der Waals surface area contributed by atoms with Gasteiger partial charge in [-0.25, -0.2) is 0 Å². The first kappa shape index (κ1) is 16.6. The van der Waals surface area contributed by atoms with E-state index in [1.807, 2.05) is 12.1 Å². The van der Waals surface area contributed by atoms with Gasteiger partial charge in [0.25, 0.3) is 5.91 Å². The molecule has 7 nitrogen and oxygen atoms in total. The molecule has 2 aromatic carbocycles. The number of nitrogens with zero attached hydrogens (tertiary/aromatic N) is 3. The predicted octanol–water partition coefficient (Wildman–Crippen LogP) is 3.54. The molecule has 0 saturated heterocycles. The quantitative estimate of drug-likeness (QED) is 0.756. The van der Waals surface area contributed by atoms with E-state index in [9.17, 15) is 4.79 Å². The molecule has 3 aromatic rings. The highest BCUT2D eigenvalue weighted by Crippen LogP contribution is 2.33. The van der Waals surface area contributed by atoms with Crippen LogP contribution >= 0.6 is 0 Å². The van der Waals surface area contributed by atoms with Gasteiger partial charge >= 0.3 is 0 Å². The van der Waals surface area contributed by atoms with Crippen LogP contribution in [0.15, 0.2) is 54.6 Å². The van der Waals surface area contributed by atoms with E-state index < -0.39 is 0 Å². The maximum atomic E-state index is 12.5. The molecule has 0 saturated carbocycles. The molecular formula is C21H18N4O3. The SMILES string of the molecule is O=C(Nc1ccc(N2CCCc3ccccc32)nn1)c1ccc2c(c1)OCO2. The van der Waals surface area contributed by atoms with Crippen molar-refractivity contribution in [2.45, 2.75) is 12.8 Å². The van der Waals surface area contributed by atoms with Crippen LogP contribution in [-0.4, -0.2) is 29.4 Å². The zero-order valence-corrected chi connectivity index (χ0v) is 15.1. The van der Waals surface area contributed by atoms with Crippen molar-refractivity contribution in [3.63, 3.8) is 0 Å². The van der Waals surface area contributed by atoms with Crippen LogP contribution in [0.2, 0.25) is 0 Å². The van der Waals surface area contributed by atoms with Gasteiger partial charge in [0.1, 0.15) is 0 Å². The summed E-state index contributed by atoms with van der Waals surface area (Å²) in [5, 5.41) is 11.3. The van der Waals surface area contributed by atoms with Gasteiger partial charge in [0.05, 0.1) is 0 Å². The van der Waals surface area contributed by atoms with Gasteiger partial charge in [0.2, 0.25) is 6.79 Å². The number of hydrogen-bond donors (Lipinski definition) is 1. The monoisotopic (exact) mass is 374 g/mol. The standard InChI is InChI=1S/C21H18N4O3/c26-21(15-7-8-17-18(12-15)28-13-27-17)22-19-9-10-20(24-23-19)25-11-3-5-14-4-1-2-6-16(14)25/h1-2,4,6-10,12H,3,5,11,13H2,(H,22,23,26). The summed E-state index contributed by atoms with van der Waals surface area (Å²) in [6.07, 6.45) is 2.14. The molecule has 0 atom stereocenters. The number of amides is 1. The largest absolute Gasteiger partial charge is 0.454 e. The van der Waals surface area contributed by atoms with Crippen LogP contribution in [0.1, 0.15) is 22.3 Å². The topological polar surface area (TPSA) is 76.6 Å². The van der Waals surface area contributed by atoms with Gasteiger partial charge in [0.15, 0.2) is 23.1 Å². The fraction of sp³-hybridized carbons (Fsp3) is 0.190. The number of aryl methyl sites for hydroxylation is 1. The molecule has 2 aliphatic rings. The molecule has 7 heteroatoms. The maximum Gasteiger partial charge on any atom is 0.257 e. The number of nitrogens with one attached hydrogen (secondary N) is 1. The molecule has 140 valence electrons. The molecule has 0 radical (unpaired) electrons. The molecule has 3 heterocycles. The Morgan fingerprint density at radius 2 is 1.89 bits per heavy atom. The maximum absolute atomic E-state index is 12.5. The molecule has 28 heavy (non-hydrogen) atoms.